The Bertz CT molecular complexity index is 652. The number of hydrogen-bond donors (Lipinski definition) is 1. The molecule has 2 rings (SSSR count). The monoisotopic (exact) mass is 348 g/mol. The maximum absolute atomic E-state index is 12.6. The number of alkyl halides is 3. The van der Waals surface area contributed by atoms with Crippen LogP contribution in [0.15, 0.2) is 33.5 Å². The van der Waals surface area contributed by atoms with E-state index in [1.807, 2.05) is 0 Å². The first kappa shape index (κ1) is 14.6. The highest BCUT2D eigenvalue weighted by Gasteiger charge is 2.31. The molecule has 0 aliphatic heterocycles. The SMILES string of the molecule is Cc1ncoc1C(=O)Nc1cc(C(F)(F)F)ccc1Br. The fraction of sp³-hybridized carbons (Fsp3) is 0.167. The van der Waals surface area contributed by atoms with Crippen LogP contribution in [0.3, 0.4) is 0 Å². The minimum absolute atomic E-state index is 0.000579. The summed E-state index contributed by atoms with van der Waals surface area (Å²) in [6.07, 6.45) is -3.40. The lowest BCUT2D eigenvalue weighted by Crippen LogP contribution is -2.14. The van der Waals surface area contributed by atoms with E-state index < -0.39 is 17.6 Å². The second-order valence-electron chi connectivity index (χ2n) is 3.91. The maximum Gasteiger partial charge on any atom is 0.416 e. The van der Waals surface area contributed by atoms with Gasteiger partial charge in [0, 0.05) is 4.47 Å². The highest BCUT2D eigenvalue weighted by molar-refractivity contribution is 9.10. The lowest BCUT2D eigenvalue weighted by Gasteiger charge is -2.11. The molecule has 8 heteroatoms. The molecule has 1 heterocycles. The Labute approximate surface area is 120 Å². The molecular weight excluding hydrogens is 341 g/mol. The molecule has 106 valence electrons. The third-order valence-corrected chi connectivity index (χ3v) is 3.19. The lowest BCUT2D eigenvalue weighted by atomic mass is 10.2. The zero-order valence-corrected chi connectivity index (χ0v) is 11.7. The molecule has 0 aliphatic carbocycles. The van der Waals surface area contributed by atoms with Crippen LogP contribution in [-0.2, 0) is 6.18 Å². The van der Waals surface area contributed by atoms with Crippen LogP contribution in [0, 0.1) is 6.92 Å². The first-order valence-electron chi connectivity index (χ1n) is 5.37. The third kappa shape index (κ3) is 3.01. The summed E-state index contributed by atoms with van der Waals surface area (Å²) in [6.45, 7) is 1.56. The van der Waals surface area contributed by atoms with Gasteiger partial charge in [-0.05, 0) is 41.1 Å². The molecule has 0 radical (unpaired) electrons. The number of rotatable bonds is 2. The molecule has 0 aliphatic rings. The van der Waals surface area contributed by atoms with Crippen LogP contribution >= 0.6 is 15.9 Å². The predicted molar refractivity (Wildman–Crippen MR) is 68.3 cm³/mol. The molecule has 0 unspecified atom stereocenters. The number of nitrogens with zero attached hydrogens (tertiary/aromatic N) is 1. The van der Waals surface area contributed by atoms with Gasteiger partial charge in [-0.2, -0.15) is 13.2 Å². The number of hydrogen-bond acceptors (Lipinski definition) is 3. The fourth-order valence-corrected chi connectivity index (χ4v) is 1.84. The number of carbonyl (C=O) groups excluding carboxylic acids is 1. The number of aryl methyl sites for hydroxylation is 1. The van der Waals surface area contributed by atoms with Crippen molar-refractivity contribution in [2.45, 2.75) is 13.1 Å². The Hall–Kier alpha value is -1.83. The molecule has 0 fully saturated rings. The zero-order chi connectivity index (χ0) is 14.9. The molecule has 1 aromatic heterocycles. The summed E-state index contributed by atoms with van der Waals surface area (Å²) < 4.78 is 43.1. The molecular formula is C12H8BrF3N2O2. The first-order chi connectivity index (χ1) is 9.29. The molecule has 1 aromatic carbocycles. The van der Waals surface area contributed by atoms with E-state index in [9.17, 15) is 18.0 Å². The van der Waals surface area contributed by atoms with Gasteiger partial charge in [0.2, 0.25) is 5.76 Å². The van der Waals surface area contributed by atoms with Gasteiger partial charge in [-0.1, -0.05) is 0 Å². The van der Waals surface area contributed by atoms with Crippen molar-refractivity contribution >= 4 is 27.5 Å². The maximum atomic E-state index is 12.6. The summed E-state index contributed by atoms with van der Waals surface area (Å²) >= 11 is 3.08. The predicted octanol–water partition coefficient (Wildman–Crippen LogP) is 4.02. The van der Waals surface area contributed by atoms with Crippen molar-refractivity contribution in [3.63, 3.8) is 0 Å². The van der Waals surface area contributed by atoms with Crippen molar-refractivity contribution < 1.29 is 22.4 Å². The van der Waals surface area contributed by atoms with Crippen molar-refractivity contribution in [3.05, 3.63) is 46.1 Å². The zero-order valence-electron chi connectivity index (χ0n) is 10.1. The number of benzene rings is 1. The molecule has 4 nitrogen and oxygen atoms in total. The van der Waals surface area contributed by atoms with Crippen molar-refractivity contribution in [3.8, 4) is 0 Å². The van der Waals surface area contributed by atoms with Crippen LogP contribution < -0.4 is 5.32 Å². The summed E-state index contributed by atoms with van der Waals surface area (Å²) in [4.78, 5) is 15.6. The fourth-order valence-electron chi connectivity index (χ4n) is 1.50. The van der Waals surface area contributed by atoms with Gasteiger partial charge < -0.3 is 9.73 Å². The molecule has 0 saturated heterocycles. The number of anilines is 1. The molecule has 0 atom stereocenters. The van der Waals surface area contributed by atoms with Gasteiger partial charge >= 0.3 is 6.18 Å². The lowest BCUT2D eigenvalue weighted by molar-refractivity contribution is -0.137. The number of oxazole rings is 1. The van der Waals surface area contributed by atoms with Gasteiger partial charge in [0.15, 0.2) is 6.39 Å². The van der Waals surface area contributed by atoms with Crippen molar-refractivity contribution in [1.29, 1.82) is 0 Å². The Morgan fingerprint density at radius 3 is 2.65 bits per heavy atom. The van der Waals surface area contributed by atoms with Gasteiger partial charge in [-0.25, -0.2) is 4.98 Å². The van der Waals surface area contributed by atoms with Crippen molar-refractivity contribution in [1.82, 2.24) is 4.98 Å². The minimum Gasteiger partial charge on any atom is -0.438 e. The largest absolute Gasteiger partial charge is 0.438 e. The highest BCUT2D eigenvalue weighted by Crippen LogP contribution is 2.34. The smallest absolute Gasteiger partial charge is 0.416 e. The minimum atomic E-state index is -4.48. The van der Waals surface area contributed by atoms with E-state index in [1.54, 1.807) is 6.92 Å². The highest BCUT2D eigenvalue weighted by atomic mass is 79.9. The summed E-state index contributed by atoms with van der Waals surface area (Å²) in [5.41, 5.74) is -0.503. The average Bonchev–Trinajstić information content (AvgIpc) is 2.77. The number of carbonyl (C=O) groups is 1. The van der Waals surface area contributed by atoms with Crippen LogP contribution in [-0.4, -0.2) is 10.9 Å². The molecule has 0 saturated carbocycles. The quantitative estimate of drug-likeness (QED) is 0.891. The van der Waals surface area contributed by atoms with E-state index in [-0.39, 0.29) is 11.4 Å². The van der Waals surface area contributed by atoms with Gasteiger partial charge in [0.25, 0.3) is 5.91 Å². The Balaban J connectivity index is 2.30. The van der Waals surface area contributed by atoms with Gasteiger partial charge in [-0.15, -0.1) is 0 Å². The van der Waals surface area contributed by atoms with Crippen molar-refractivity contribution in [2.75, 3.05) is 5.32 Å². The Morgan fingerprint density at radius 1 is 1.40 bits per heavy atom. The summed E-state index contributed by atoms with van der Waals surface area (Å²) in [5.74, 6) is -0.714. The van der Waals surface area contributed by atoms with Crippen LogP contribution in [0.5, 0.6) is 0 Å². The van der Waals surface area contributed by atoms with Crippen LogP contribution in [0.2, 0.25) is 0 Å². The topological polar surface area (TPSA) is 55.1 Å². The van der Waals surface area contributed by atoms with Gasteiger partial charge in [0.1, 0.15) is 0 Å². The second-order valence-corrected chi connectivity index (χ2v) is 4.77. The van der Waals surface area contributed by atoms with E-state index in [4.69, 9.17) is 4.42 Å². The number of aromatic nitrogens is 1. The summed E-state index contributed by atoms with van der Waals surface area (Å²) in [5, 5.41) is 2.35. The van der Waals surface area contributed by atoms with E-state index in [1.165, 1.54) is 6.07 Å². The summed E-state index contributed by atoms with van der Waals surface area (Å²) in [6, 6.07) is 2.97. The third-order valence-electron chi connectivity index (χ3n) is 2.49. The normalized spacial score (nSPS) is 11.4. The van der Waals surface area contributed by atoms with Crippen LogP contribution in [0.1, 0.15) is 21.8 Å². The molecule has 1 amide bonds. The number of amides is 1. The molecule has 2 aromatic rings. The average molecular weight is 349 g/mol. The van der Waals surface area contributed by atoms with E-state index in [2.05, 4.69) is 26.2 Å². The number of nitrogens with one attached hydrogen (secondary N) is 1. The van der Waals surface area contributed by atoms with E-state index in [0.717, 1.165) is 18.5 Å². The van der Waals surface area contributed by atoms with E-state index in [0.29, 0.717) is 10.2 Å². The Morgan fingerprint density at radius 2 is 2.10 bits per heavy atom. The van der Waals surface area contributed by atoms with Crippen LogP contribution in [0.25, 0.3) is 0 Å². The van der Waals surface area contributed by atoms with Gasteiger partial charge in [-0.3, -0.25) is 4.79 Å². The molecule has 0 spiro atoms. The number of halogens is 4. The molecule has 1 N–H and O–H groups in total. The first-order valence-corrected chi connectivity index (χ1v) is 6.16. The standard InChI is InChI=1S/C12H8BrF3N2O2/c1-6-10(20-5-17-6)11(19)18-9-4-7(12(14,15)16)2-3-8(9)13/h2-5H,1H3,(H,18,19). The molecule has 20 heavy (non-hydrogen) atoms. The van der Waals surface area contributed by atoms with Crippen molar-refractivity contribution in [2.24, 2.45) is 0 Å². The van der Waals surface area contributed by atoms with Crippen LogP contribution in [0.4, 0.5) is 18.9 Å². The van der Waals surface area contributed by atoms with Gasteiger partial charge in [0.05, 0.1) is 16.9 Å². The Kier molecular flexibility index (Phi) is 3.85. The summed E-state index contributed by atoms with van der Waals surface area (Å²) in [7, 11) is 0. The molecule has 0 bridgehead atoms. The second kappa shape index (κ2) is 5.28. The van der Waals surface area contributed by atoms with E-state index >= 15 is 0 Å².